The Bertz CT molecular complexity index is 1760. The number of hydrogen-bond donors (Lipinski definition) is 0. The van der Waals surface area contributed by atoms with Gasteiger partial charge in [0.15, 0.2) is 11.6 Å². The van der Waals surface area contributed by atoms with Gasteiger partial charge in [-0.1, -0.05) is 36.4 Å². The van der Waals surface area contributed by atoms with Gasteiger partial charge in [0.2, 0.25) is 0 Å². The lowest BCUT2D eigenvalue weighted by molar-refractivity contribution is 1.05. The molecule has 0 atom stereocenters. The molecule has 0 aliphatic carbocycles. The first-order valence-corrected chi connectivity index (χ1v) is 11.7. The average Bonchev–Trinajstić information content (AvgIpc) is 3.54. The minimum atomic E-state index is 0.742. The standard InChI is InChI=1S/C30H20N6/c1-3-9-27-25(7-1)26-8-2-4-10-28(26)35(27)23-13-11-21(12-14-23)29-33-34-30(22-15-18-31-19-16-22)36(29)24-6-5-17-32-20-24/h1-20H. The quantitative estimate of drug-likeness (QED) is 0.299. The molecule has 170 valence electrons. The lowest BCUT2D eigenvalue weighted by Crippen LogP contribution is -2.01. The predicted octanol–water partition coefficient (Wildman–Crippen LogP) is 6.49. The van der Waals surface area contributed by atoms with Crippen LogP contribution in [0.15, 0.2) is 122 Å². The molecule has 0 radical (unpaired) electrons. The van der Waals surface area contributed by atoms with Crippen molar-refractivity contribution in [1.82, 2.24) is 29.3 Å². The molecule has 0 unspecified atom stereocenters. The summed E-state index contributed by atoms with van der Waals surface area (Å²) in [5, 5.41) is 11.6. The van der Waals surface area contributed by atoms with Crippen LogP contribution in [0.2, 0.25) is 0 Å². The van der Waals surface area contributed by atoms with Crippen LogP contribution in [-0.4, -0.2) is 29.3 Å². The van der Waals surface area contributed by atoms with Gasteiger partial charge in [-0.2, -0.15) is 0 Å². The lowest BCUT2D eigenvalue weighted by Gasteiger charge is -2.12. The maximum Gasteiger partial charge on any atom is 0.169 e. The molecule has 0 saturated carbocycles. The highest BCUT2D eigenvalue weighted by Crippen LogP contribution is 2.33. The smallest absolute Gasteiger partial charge is 0.169 e. The first-order valence-electron chi connectivity index (χ1n) is 11.7. The van der Waals surface area contributed by atoms with Gasteiger partial charge in [-0.15, -0.1) is 10.2 Å². The Kier molecular flexibility index (Phi) is 4.67. The van der Waals surface area contributed by atoms with Crippen LogP contribution in [0.4, 0.5) is 0 Å². The second kappa shape index (κ2) is 8.29. The number of nitrogens with zero attached hydrogens (tertiary/aromatic N) is 6. The van der Waals surface area contributed by atoms with Crippen molar-refractivity contribution in [2.45, 2.75) is 0 Å². The van der Waals surface area contributed by atoms with E-state index >= 15 is 0 Å². The Morgan fingerprint density at radius 1 is 0.444 bits per heavy atom. The molecule has 7 aromatic rings. The molecule has 0 aliphatic heterocycles. The summed E-state index contributed by atoms with van der Waals surface area (Å²) in [6.45, 7) is 0. The third kappa shape index (κ3) is 3.20. The molecule has 6 nitrogen and oxygen atoms in total. The summed E-state index contributed by atoms with van der Waals surface area (Å²) in [5.74, 6) is 1.50. The number of fused-ring (bicyclic) bond motifs is 3. The Labute approximate surface area is 207 Å². The highest BCUT2D eigenvalue weighted by atomic mass is 15.3. The third-order valence-corrected chi connectivity index (χ3v) is 6.47. The van der Waals surface area contributed by atoms with Crippen molar-refractivity contribution >= 4 is 21.8 Å². The number of rotatable bonds is 4. The van der Waals surface area contributed by atoms with Gasteiger partial charge < -0.3 is 4.57 Å². The summed E-state index contributed by atoms with van der Waals surface area (Å²) in [6.07, 6.45) is 7.11. The van der Waals surface area contributed by atoms with Crippen molar-refractivity contribution in [3.8, 4) is 34.2 Å². The van der Waals surface area contributed by atoms with E-state index in [0.717, 1.165) is 34.2 Å². The molecule has 3 aromatic carbocycles. The normalized spacial score (nSPS) is 11.3. The SMILES string of the molecule is c1cncc(-n2c(-c3ccncc3)nnc2-c2ccc(-n3c4ccccc4c4ccccc43)cc2)c1. The average molecular weight is 465 g/mol. The largest absolute Gasteiger partial charge is 0.309 e. The molecule has 6 heteroatoms. The Morgan fingerprint density at radius 2 is 1.06 bits per heavy atom. The fraction of sp³-hybridized carbons (Fsp3) is 0. The van der Waals surface area contributed by atoms with E-state index in [1.165, 1.54) is 21.8 Å². The third-order valence-electron chi connectivity index (χ3n) is 6.47. The van der Waals surface area contributed by atoms with Crippen LogP contribution < -0.4 is 0 Å². The van der Waals surface area contributed by atoms with E-state index in [1.54, 1.807) is 18.6 Å². The zero-order valence-corrected chi connectivity index (χ0v) is 19.2. The fourth-order valence-corrected chi connectivity index (χ4v) is 4.85. The highest BCUT2D eigenvalue weighted by molar-refractivity contribution is 6.09. The van der Waals surface area contributed by atoms with E-state index in [9.17, 15) is 0 Å². The minimum absolute atomic E-state index is 0.742. The van der Waals surface area contributed by atoms with Crippen molar-refractivity contribution in [2.75, 3.05) is 0 Å². The van der Waals surface area contributed by atoms with E-state index in [-0.39, 0.29) is 0 Å². The molecule has 0 fully saturated rings. The number of aromatic nitrogens is 6. The molecule has 4 heterocycles. The van der Waals surface area contributed by atoms with Gasteiger partial charge in [0.05, 0.1) is 22.9 Å². The summed E-state index contributed by atoms with van der Waals surface area (Å²) in [5.41, 5.74) is 6.27. The molecular formula is C30H20N6. The predicted molar refractivity (Wildman–Crippen MR) is 142 cm³/mol. The molecule has 0 bridgehead atoms. The second-order valence-corrected chi connectivity index (χ2v) is 8.55. The first-order chi connectivity index (χ1) is 17.9. The number of para-hydroxylation sites is 2. The van der Waals surface area contributed by atoms with Gasteiger partial charge >= 0.3 is 0 Å². The van der Waals surface area contributed by atoms with Crippen LogP contribution in [0.5, 0.6) is 0 Å². The van der Waals surface area contributed by atoms with Crippen LogP contribution in [-0.2, 0) is 0 Å². The molecule has 36 heavy (non-hydrogen) atoms. The van der Waals surface area contributed by atoms with Gasteiger partial charge in [0.25, 0.3) is 0 Å². The number of benzene rings is 3. The van der Waals surface area contributed by atoms with Gasteiger partial charge in [-0.3, -0.25) is 14.5 Å². The molecule has 0 N–H and O–H groups in total. The van der Waals surface area contributed by atoms with Crippen molar-refractivity contribution in [2.24, 2.45) is 0 Å². The summed E-state index contributed by atoms with van der Waals surface area (Å²) >= 11 is 0. The molecule has 0 amide bonds. The zero-order valence-electron chi connectivity index (χ0n) is 19.2. The van der Waals surface area contributed by atoms with Crippen molar-refractivity contribution in [3.63, 3.8) is 0 Å². The topological polar surface area (TPSA) is 61.4 Å². The molecule has 0 saturated heterocycles. The molecular weight excluding hydrogens is 444 g/mol. The van der Waals surface area contributed by atoms with E-state index in [4.69, 9.17) is 0 Å². The maximum atomic E-state index is 4.59. The number of hydrogen-bond acceptors (Lipinski definition) is 4. The minimum Gasteiger partial charge on any atom is -0.309 e. The van der Waals surface area contributed by atoms with Crippen LogP contribution in [0, 0.1) is 0 Å². The van der Waals surface area contributed by atoms with Crippen molar-refractivity contribution in [3.05, 3.63) is 122 Å². The lowest BCUT2D eigenvalue weighted by atomic mass is 10.1. The molecule has 0 aliphatic rings. The Morgan fingerprint density at radius 3 is 1.67 bits per heavy atom. The van der Waals surface area contributed by atoms with Gasteiger partial charge in [-0.05, 0) is 60.7 Å². The van der Waals surface area contributed by atoms with Crippen LogP contribution >= 0.6 is 0 Å². The second-order valence-electron chi connectivity index (χ2n) is 8.55. The highest BCUT2D eigenvalue weighted by Gasteiger charge is 2.18. The Hall–Kier alpha value is -5.10. The summed E-state index contributed by atoms with van der Waals surface area (Å²) in [7, 11) is 0. The summed E-state index contributed by atoms with van der Waals surface area (Å²) < 4.78 is 4.35. The monoisotopic (exact) mass is 464 g/mol. The van der Waals surface area contributed by atoms with E-state index in [0.29, 0.717) is 0 Å². The maximum absolute atomic E-state index is 4.59. The summed E-state index contributed by atoms with van der Waals surface area (Å²) in [6, 6.07) is 33.3. The molecule has 0 spiro atoms. The van der Waals surface area contributed by atoms with Crippen molar-refractivity contribution in [1.29, 1.82) is 0 Å². The van der Waals surface area contributed by atoms with Crippen LogP contribution in [0.3, 0.4) is 0 Å². The first kappa shape index (κ1) is 20.3. The summed E-state index contributed by atoms with van der Waals surface area (Å²) in [4.78, 5) is 8.47. The van der Waals surface area contributed by atoms with E-state index in [1.807, 2.05) is 35.0 Å². The molecule has 7 rings (SSSR count). The van der Waals surface area contributed by atoms with Crippen LogP contribution in [0.25, 0.3) is 56.0 Å². The van der Waals surface area contributed by atoms with Gasteiger partial charge in [0.1, 0.15) is 0 Å². The van der Waals surface area contributed by atoms with Crippen molar-refractivity contribution < 1.29 is 0 Å². The van der Waals surface area contributed by atoms with E-state index < -0.39 is 0 Å². The zero-order chi connectivity index (χ0) is 23.9. The molecule has 4 aromatic heterocycles. The Balaban J connectivity index is 1.39. The van der Waals surface area contributed by atoms with Gasteiger partial charge in [0, 0.05) is 46.2 Å². The fourth-order valence-electron chi connectivity index (χ4n) is 4.85. The number of pyridine rings is 2. The van der Waals surface area contributed by atoms with E-state index in [2.05, 4.69) is 97.5 Å². The van der Waals surface area contributed by atoms with Gasteiger partial charge in [-0.25, -0.2) is 0 Å². The van der Waals surface area contributed by atoms with Crippen LogP contribution in [0.1, 0.15) is 0 Å².